The summed E-state index contributed by atoms with van der Waals surface area (Å²) in [6.07, 6.45) is 0.512. The number of fused-ring (bicyclic) bond motifs is 1. The normalized spacial score (nSPS) is 18.8. The van der Waals surface area contributed by atoms with Crippen molar-refractivity contribution in [2.45, 2.75) is 19.0 Å². The molecule has 2 aromatic carbocycles. The highest BCUT2D eigenvalue weighted by molar-refractivity contribution is 8.14. The van der Waals surface area contributed by atoms with Crippen molar-refractivity contribution in [3.8, 4) is 0 Å². The molecular weight excluding hydrogens is 346 g/mol. The first-order valence-electron chi connectivity index (χ1n) is 8.63. The van der Waals surface area contributed by atoms with Crippen molar-refractivity contribution in [1.82, 2.24) is 10.2 Å². The second-order valence-electron chi connectivity index (χ2n) is 6.31. The third-order valence-electron chi connectivity index (χ3n) is 4.65. The van der Waals surface area contributed by atoms with Gasteiger partial charge in [0, 0.05) is 24.3 Å². The Kier molecular flexibility index (Phi) is 4.75. The Bertz CT molecular complexity index is 866. The van der Waals surface area contributed by atoms with Crippen molar-refractivity contribution in [1.29, 1.82) is 0 Å². The van der Waals surface area contributed by atoms with E-state index in [1.807, 2.05) is 42.5 Å². The maximum atomic E-state index is 13.1. The summed E-state index contributed by atoms with van der Waals surface area (Å²) in [5.41, 5.74) is 2.80. The number of nitrogens with one attached hydrogen (secondary N) is 1. The first kappa shape index (κ1) is 16.8. The number of nitrogens with zero attached hydrogens (tertiary/aromatic N) is 2. The molecule has 0 fully saturated rings. The molecule has 0 unspecified atom stereocenters. The maximum Gasteiger partial charge on any atom is 0.254 e. The van der Waals surface area contributed by atoms with E-state index in [9.17, 15) is 9.59 Å². The van der Waals surface area contributed by atoms with Gasteiger partial charge in [-0.1, -0.05) is 54.2 Å². The number of carbonyl (C=O) groups is 2. The molecule has 2 aliphatic heterocycles. The molecule has 0 spiro atoms. The summed E-state index contributed by atoms with van der Waals surface area (Å²) in [5, 5.41) is 3.55. The van der Waals surface area contributed by atoms with Gasteiger partial charge in [0.25, 0.3) is 5.91 Å². The van der Waals surface area contributed by atoms with Gasteiger partial charge in [0.1, 0.15) is 6.04 Å². The molecule has 6 heteroatoms. The molecule has 1 atom stereocenters. The molecule has 26 heavy (non-hydrogen) atoms. The summed E-state index contributed by atoms with van der Waals surface area (Å²) < 4.78 is 0. The van der Waals surface area contributed by atoms with Crippen LogP contribution in [0.15, 0.2) is 59.6 Å². The molecule has 2 heterocycles. The molecule has 1 N–H and O–H groups in total. The maximum absolute atomic E-state index is 13.1. The Balaban J connectivity index is 1.63. The van der Waals surface area contributed by atoms with Gasteiger partial charge in [-0.05, 0) is 23.3 Å². The molecule has 0 radical (unpaired) electrons. The van der Waals surface area contributed by atoms with Crippen LogP contribution in [0.25, 0.3) is 0 Å². The SMILES string of the molecule is O=C(NC1=NCCS1)[C@H]1Cc2ccccc2CN1C(=O)c1ccccc1. The lowest BCUT2D eigenvalue weighted by molar-refractivity contribution is -0.124. The van der Waals surface area contributed by atoms with Crippen molar-refractivity contribution in [2.24, 2.45) is 4.99 Å². The molecular formula is C20H19N3O2S. The van der Waals surface area contributed by atoms with Crippen LogP contribution in [-0.2, 0) is 17.8 Å². The van der Waals surface area contributed by atoms with E-state index in [2.05, 4.69) is 10.3 Å². The number of aliphatic imine (C=N–C) groups is 1. The largest absolute Gasteiger partial charge is 0.322 e. The van der Waals surface area contributed by atoms with Crippen LogP contribution < -0.4 is 5.32 Å². The van der Waals surface area contributed by atoms with Gasteiger partial charge in [0.2, 0.25) is 5.91 Å². The highest BCUT2D eigenvalue weighted by Gasteiger charge is 2.35. The predicted molar refractivity (Wildman–Crippen MR) is 103 cm³/mol. The second-order valence-corrected chi connectivity index (χ2v) is 7.40. The lowest BCUT2D eigenvalue weighted by Gasteiger charge is -2.36. The highest BCUT2D eigenvalue weighted by atomic mass is 32.2. The van der Waals surface area contributed by atoms with Crippen LogP contribution in [0.3, 0.4) is 0 Å². The van der Waals surface area contributed by atoms with Crippen molar-refractivity contribution in [2.75, 3.05) is 12.3 Å². The van der Waals surface area contributed by atoms with Gasteiger partial charge < -0.3 is 10.2 Å². The number of amides is 2. The number of hydrogen-bond acceptors (Lipinski definition) is 4. The van der Waals surface area contributed by atoms with Crippen molar-refractivity contribution >= 4 is 28.7 Å². The Labute approximate surface area is 156 Å². The Morgan fingerprint density at radius 1 is 1.04 bits per heavy atom. The summed E-state index contributed by atoms with van der Waals surface area (Å²) in [7, 11) is 0. The summed E-state index contributed by atoms with van der Waals surface area (Å²) in [4.78, 5) is 31.9. The van der Waals surface area contributed by atoms with Crippen LogP contribution in [-0.4, -0.2) is 40.2 Å². The predicted octanol–water partition coefficient (Wildman–Crippen LogP) is 2.47. The number of thioether (sulfide) groups is 1. The van der Waals surface area contributed by atoms with Crippen LogP contribution in [0.5, 0.6) is 0 Å². The van der Waals surface area contributed by atoms with Gasteiger partial charge in [0.05, 0.1) is 6.54 Å². The molecule has 0 saturated heterocycles. The summed E-state index contributed by atoms with van der Waals surface area (Å²) in [6.45, 7) is 1.15. The van der Waals surface area contributed by atoms with Crippen molar-refractivity contribution < 1.29 is 9.59 Å². The van der Waals surface area contributed by atoms with Crippen LogP contribution in [0.1, 0.15) is 21.5 Å². The van der Waals surface area contributed by atoms with E-state index in [0.29, 0.717) is 23.7 Å². The van der Waals surface area contributed by atoms with Crippen LogP contribution in [0.4, 0.5) is 0 Å². The fourth-order valence-electron chi connectivity index (χ4n) is 3.32. The van der Waals surface area contributed by atoms with Gasteiger partial charge >= 0.3 is 0 Å². The van der Waals surface area contributed by atoms with Gasteiger partial charge in [-0.15, -0.1) is 0 Å². The molecule has 2 amide bonds. The van der Waals surface area contributed by atoms with E-state index in [0.717, 1.165) is 23.4 Å². The zero-order valence-corrected chi connectivity index (χ0v) is 15.0. The Morgan fingerprint density at radius 3 is 2.50 bits per heavy atom. The third-order valence-corrected chi connectivity index (χ3v) is 5.54. The average molecular weight is 365 g/mol. The highest BCUT2D eigenvalue weighted by Crippen LogP contribution is 2.25. The van der Waals surface area contributed by atoms with Crippen LogP contribution >= 0.6 is 11.8 Å². The molecule has 0 aliphatic carbocycles. The van der Waals surface area contributed by atoms with Crippen LogP contribution in [0, 0.1) is 0 Å². The molecule has 2 aliphatic rings. The fourth-order valence-corrected chi connectivity index (χ4v) is 4.05. The summed E-state index contributed by atoms with van der Waals surface area (Å²) >= 11 is 1.54. The van der Waals surface area contributed by atoms with E-state index in [4.69, 9.17) is 0 Å². The number of benzene rings is 2. The average Bonchev–Trinajstić information content (AvgIpc) is 3.20. The minimum absolute atomic E-state index is 0.124. The quantitative estimate of drug-likeness (QED) is 0.889. The minimum atomic E-state index is -0.540. The monoisotopic (exact) mass is 365 g/mol. The van der Waals surface area contributed by atoms with E-state index in [1.54, 1.807) is 28.8 Å². The van der Waals surface area contributed by atoms with E-state index < -0.39 is 6.04 Å². The molecule has 0 bridgehead atoms. The molecule has 4 rings (SSSR count). The number of rotatable bonds is 2. The van der Waals surface area contributed by atoms with Gasteiger partial charge in [-0.2, -0.15) is 0 Å². The smallest absolute Gasteiger partial charge is 0.254 e. The Morgan fingerprint density at radius 2 is 1.77 bits per heavy atom. The first-order valence-corrected chi connectivity index (χ1v) is 9.62. The van der Waals surface area contributed by atoms with Gasteiger partial charge in [0.15, 0.2) is 5.17 Å². The van der Waals surface area contributed by atoms with Crippen molar-refractivity contribution in [3.05, 3.63) is 71.3 Å². The fraction of sp³-hybridized carbons (Fsp3) is 0.250. The summed E-state index contributed by atoms with van der Waals surface area (Å²) in [6, 6.07) is 16.6. The molecule has 0 saturated carbocycles. The lowest BCUT2D eigenvalue weighted by Crippen LogP contribution is -2.53. The zero-order valence-electron chi connectivity index (χ0n) is 14.2. The number of amidine groups is 1. The summed E-state index contributed by atoms with van der Waals surface area (Å²) in [5.74, 6) is 0.591. The van der Waals surface area contributed by atoms with Crippen molar-refractivity contribution in [3.63, 3.8) is 0 Å². The second kappa shape index (κ2) is 7.33. The van der Waals surface area contributed by atoms with Crippen LogP contribution in [0.2, 0.25) is 0 Å². The lowest BCUT2D eigenvalue weighted by atomic mass is 9.93. The number of hydrogen-bond donors (Lipinski definition) is 1. The minimum Gasteiger partial charge on any atom is -0.322 e. The Hall–Kier alpha value is -2.60. The van der Waals surface area contributed by atoms with Gasteiger partial charge in [-0.25, -0.2) is 0 Å². The van der Waals surface area contributed by atoms with E-state index >= 15 is 0 Å². The third kappa shape index (κ3) is 3.37. The molecule has 0 aromatic heterocycles. The molecule has 2 aromatic rings. The zero-order chi connectivity index (χ0) is 17.9. The topological polar surface area (TPSA) is 61.8 Å². The van der Waals surface area contributed by atoms with Gasteiger partial charge in [-0.3, -0.25) is 14.6 Å². The first-order chi connectivity index (χ1) is 12.7. The number of carbonyl (C=O) groups excluding carboxylic acids is 2. The van der Waals surface area contributed by atoms with E-state index in [-0.39, 0.29) is 11.8 Å². The molecule has 132 valence electrons. The molecule has 5 nitrogen and oxygen atoms in total. The standard InChI is InChI=1S/C20H19N3O2S/c24-18(22-20-21-10-11-26-20)17-12-15-8-4-5-9-16(15)13-23(17)19(25)14-6-2-1-3-7-14/h1-9,17H,10-13H2,(H,21,22,24)/t17-/m1/s1. The van der Waals surface area contributed by atoms with E-state index in [1.165, 1.54) is 0 Å².